The molecule has 4 aromatic rings. The Hall–Kier alpha value is -3.16. The van der Waals surface area contributed by atoms with Crippen LogP contribution < -0.4 is 10.6 Å². The number of fused-ring (bicyclic) bond motifs is 2. The van der Waals surface area contributed by atoms with Crippen molar-refractivity contribution in [3.8, 4) is 0 Å². The molecule has 0 saturated carbocycles. The summed E-state index contributed by atoms with van der Waals surface area (Å²) in [6.45, 7) is 1.94. The lowest BCUT2D eigenvalue weighted by Gasteiger charge is -2.18. The molecule has 0 atom stereocenters. The largest absolute Gasteiger partial charge is 0.323 e. The number of aryl methyl sites for hydroxylation is 3. The van der Waals surface area contributed by atoms with Crippen molar-refractivity contribution in [3.63, 3.8) is 0 Å². The van der Waals surface area contributed by atoms with Crippen molar-refractivity contribution >= 4 is 57.6 Å². The molecule has 34 heavy (non-hydrogen) atoms. The average Bonchev–Trinajstić information content (AvgIpc) is 3.10. The Kier molecular flexibility index (Phi) is 5.91. The van der Waals surface area contributed by atoms with Crippen LogP contribution in [0.15, 0.2) is 36.4 Å². The van der Waals surface area contributed by atoms with Gasteiger partial charge in [-0.2, -0.15) is 0 Å². The smallest absolute Gasteiger partial charge is 0.259 e. The number of nitrogens with one attached hydrogen (secondary N) is 2. The van der Waals surface area contributed by atoms with Crippen LogP contribution in [-0.4, -0.2) is 20.4 Å². The van der Waals surface area contributed by atoms with Gasteiger partial charge in [-0.05, 0) is 68.0 Å². The molecule has 2 N–H and O–H groups in total. The monoisotopic (exact) mass is 497 g/mol. The molecule has 0 spiro atoms. The highest BCUT2D eigenvalue weighted by Gasteiger charge is 2.20. The molecule has 6 nitrogen and oxygen atoms in total. The molecule has 2 aromatic carbocycles. The van der Waals surface area contributed by atoms with Crippen LogP contribution in [0.25, 0.3) is 11.0 Å². The molecule has 2 heterocycles. The molecule has 5 rings (SSSR count). The van der Waals surface area contributed by atoms with Crippen LogP contribution >= 0.6 is 23.2 Å². The Morgan fingerprint density at radius 3 is 2.59 bits per heavy atom. The molecule has 9 heteroatoms. The summed E-state index contributed by atoms with van der Waals surface area (Å²) in [4.78, 5) is 22.0. The van der Waals surface area contributed by atoms with Crippen LogP contribution in [0.3, 0.4) is 0 Å². The number of amides is 1. The van der Waals surface area contributed by atoms with E-state index in [4.69, 9.17) is 23.2 Å². The Bertz CT molecular complexity index is 1430. The van der Waals surface area contributed by atoms with E-state index < -0.39 is 11.7 Å². The number of nitrogens with zero attached hydrogens (tertiary/aromatic N) is 3. The summed E-state index contributed by atoms with van der Waals surface area (Å²) in [7, 11) is 1.74. The summed E-state index contributed by atoms with van der Waals surface area (Å²) in [6, 6.07) is 9.77. The SMILES string of the molecule is Cc1nc(NC(=O)c2cc3nc(Nc4c(Cl)cccc4Cl)n(C)c3cc2F)cc2c1CCCC2. The Morgan fingerprint density at radius 2 is 1.82 bits per heavy atom. The minimum atomic E-state index is -0.648. The second-order valence-corrected chi connectivity index (χ2v) is 9.24. The van der Waals surface area contributed by atoms with Gasteiger partial charge in [0.15, 0.2) is 0 Å². The van der Waals surface area contributed by atoms with Gasteiger partial charge >= 0.3 is 0 Å². The van der Waals surface area contributed by atoms with Gasteiger partial charge in [0.1, 0.15) is 11.6 Å². The van der Waals surface area contributed by atoms with Crippen LogP contribution in [0.4, 0.5) is 21.8 Å². The maximum absolute atomic E-state index is 15.0. The standard InChI is InChI=1S/C25H22Cl2FN5O/c1-13-15-7-4-3-6-14(15)10-22(29-13)31-24(34)16-11-20-21(12-19(16)28)33(2)25(30-20)32-23-17(26)8-5-9-18(23)27/h5,8-12H,3-4,6-7H2,1-2H3,(H,30,32)(H,29,31,34). The van der Waals surface area contributed by atoms with Gasteiger partial charge in [-0.25, -0.2) is 14.4 Å². The Morgan fingerprint density at radius 1 is 1.09 bits per heavy atom. The number of imidazole rings is 1. The second-order valence-electron chi connectivity index (χ2n) is 8.43. The molecular formula is C25H22Cl2FN5O. The topological polar surface area (TPSA) is 71.8 Å². The van der Waals surface area contributed by atoms with E-state index in [9.17, 15) is 9.18 Å². The molecule has 1 aliphatic carbocycles. The van der Waals surface area contributed by atoms with Gasteiger partial charge in [-0.15, -0.1) is 0 Å². The van der Waals surface area contributed by atoms with E-state index in [0.29, 0.717) is 38.5 Å². The van der Waals surface area contributed by atoms with Crippen molar-refractivity contribution in [1.82, 2.24) is 14.5 Å². The maximum Gasteiger partial charge on any atom is 0.259 e. The van der Waals surface area contributed by atoms with E-state index in [1.165, 1.54) is 23.3 Å². The fourth-order valence-corrected chi connectivity index (χ4v) is 4.91. The van der Waals surface area contributed by atoms with Gasteiger partial charge in [-0.1, -0.05) is 29.3 Å². The van der Waals surface area contributed by atoms with Gasteiger partial charge in [0.05, 0.1) is 32.3 Å². The van der Waals surface area contributed by atoms with Gasteiger partial charge in [0.2, 0.25) is 5.95 Å². The molecule has 0 bridgehead atoms. The maximum atomic E-state index is 15.0. The first-order valence-electron chi connectivity index (χ1n) is 11.0. The zero-order valence-electron chi connectivity index (χ0n) is 18.7. The number of halogens is 3. The van der Waals surface area contributed by atoms with Crippen molar-refractivity contribution in [2.24, 2.45) is 7.05 Å². The molecular weight excluding hydrogens is 476 g/mol. The first-order chi connectivity index (χ1) is 16.3. The van der Waals surface area contributed by atoms with Crippen molar-refractivity contribution in [3.05, 3.63) is 74.6 Å². The van der Waals surface area contributed by atoms with E-state index in [1.807, 2.05) is 13.0 Å². The zero-order valence-corrected chi connectivity index (χ0v) is 20.2. The molecule has 0 unspecified atom stereocenters. The summed E-state index contributed by atoms with van der Waals surface area (Å²) >= 11 is 12.5. The molecule has 0 saturated heterocycles. The van der Waals surface area contributed by atoms with Gasteiger partial charge in [0, 0.05) is 18.8 Å². The highest BCUT2D eigenvalue weighted by Crippen LogP contribution is 2.33. The zero-order chi connectivity index (χ0) is 24.0. The third-order valence-electron chi connectivity index (χ3n) is 6.20. The summed E-state index contributed by atoms with van der Waals surface area (Å²) in [5.41, 5.74) is 4.72. The fraction of sp³-hybridized carbons (Fsp3) is 0.240. The second kappa shape index (κ2) is 8.89. The number of carbonyl (C=O) groups excluding carboxylic acids is 1. The van der Waals surface area contributed by atoms with Crippen molar-refractivity contribution in [2.75, 3.05) is 10.6 Å². The lowest BCUT2D eigenvalue weighted by Crippen LogP contribution is -2.17. The fourth-order valence-electron chi connectivity index (χ4n) is 4.42. The number of carbonyl (C=O) groups is 1. The first kappa shape index (κ1) is 22.6. The number of aromatic nitrogens is 3. The Labute approximate surface area is 206 Å². The van der Waals surface area contributed by atoms with E-state index in [-0.39, 0.29) is 5.56 Å². The molecule has 1 aliphatic rings. The number of hydrogen-bond acceptors (Lipinski definition) is 4. The number of para-hydroxylation sites is 1. The van der Waals surface area contributed by atoms with Gasteiger partial charge < -0.3 is 15.2 Å². The minimum absolute atomic E-state index is 0.106. The number of anilines is 3. The van der Waals surface area contributed by atoms with E-state index in [2.05, 4.69) is 20.6 Å². The van der Waals surface area contributed by atoms with Crippen LogP contribution in [0, 0.1) is 12.7 Å². The van der Waals surface area contributed by atoms with Crippen LogP contribution in [0.1, 0.15) is 40.0 Å². The summed E-state index contributed by atoms with van der Waals surface area (Å²) in [6.07, 6.45) is 4.23. The van der Waals surface area contributed by atoms with Crippen LogP contribution in [0.2, 0.25) is 10.0 Å². The third kappa shape index (κ3) is 4.10. The van der Waals surface area contributed by atoms with E-state index in [0.717, 1.165) is 31.4 Å². The Balaban J connectivity index is 1.46. The third-order valence-corrected chi connectivity index (χ3v) is 6.83. The molecule has 0 fully saturated rings. The van der Waals surface area contributed by atoms with E-state index in [1.54, 1.807) is 29.8 Å². The van der Waals surface area contributed by atoms with Gasteiger partial charge in [0.25, 0.3) is 5.91 Å². The van der Waals surface area contributed by atoms with Crippen LogP contribution in [0.5, 0.6) is 0 Å². The number of benzene rings is 2. The summed E-state index contributed by atoms with van der Waals surface area (Å²) in [5.74, 6) is -0.380. The normalized spacial score (nSPS) is 13.1. The lowest BCUT2D eigenvalue weighted by molar-refractivity contribution is 0.102. The summed E-state index contributed by atoms with van der Waals surface area (Å²) < 4.78 is 16.7. The van der Waals surface area contributed by atoms with E-state index >= 15 is 0 Å². The van der Waals surface area contributed by atoms with Crippen molar-refractivity contribution < 1.29 is 9.18 Å². The molecule has 1 amide bonds. The quantitative estimate of drug-likeness (QED) is 0.333. The molecule has 174 valence electrons. The highest BCUT2D eigenvalue weighted by atomic mass is 35.5. The van der Waals surface area contributed by atoms with Gasteiger partial charge in [-0.3, -0.25) is 4.79 Å². The van der Waals surface area contributed by atoms with Crippen molar-refractivity contribution in [2.45, 2.75) is 32.6 Å². The summed E-state index contributed by atoms with van der Waals surface area (Å²) in [5, 5.41) is 6.71. The average molecular weight is 498 g/mol. The number of pyridine rings is 1. The lowest BCUT2D eigenvalue weighted by atomic mass is 9.91. The number of hydrogen-bond donors (Lipinski definition) is 2. The number of rotatable bonds is 4. The van der Waals surface area contributed by atoms with Crippen molar-refractivity contribution in [1.29, 1.82) is 0 Å². The van der Waals surface area contributed by atoms with Crippen LogP contribution in [-0.2, 0) is 19.9 Å². The predicted octanol–water partition coefficient (Wildman–Crippen LogP) is 6.60. The predicted molar refractivity (Wildman–Crippen MR) is 134 cm³/mol. The highest BCUT2D eigenvalue weighted by molar-refractivity contribution is 6.39. The minimum Gasteiger partial charge on any atom is -0.323 e. The molecule has 0 radical (unpaired) electrons. The molecule has 2 aromatic heterocycles. The first-order valence-corrected chi connectivity index (χ1v) is 11.7. The molecule has 0 aliphatic heterocycles.